The van der Waals surface area contributed by atoms with Gasteiger partial charge in [-0.05, 0) is 43.5 Å². The van der Waals surface area contributed by atoms with E-state index < -0.39 is 14.6 Å². The monoisotopic (exact) mass is 360 g/mol. The summed E-state index contributed by atoms with van der Waals surface area (Å²) in [5.41, 5.74) is 2.21. The van der Waals surface area contributed by atoms with Gasteiger partial charge in [-0.3, -0.25) is 4.79 Å². The molecule has 1 amide bonds. The highest BCUT2D eigenvalue weighted by molar-refractivity contribution is 7.92. The van der Waals surface area contributed by atoms with Crippen molar-refractivity contribution in [2.24, 2.45) is 0 Å². The third-order valence-corrected chi connectivity index (χ3v) is 6.49. The average Bonchev–Trinajstić information content (AvgIpc) is 2.52. The molecule has 0 saturated carbocycles. The summed E-state index contributed by atoms with van der Waals surface area (Å²) in [6, 6.07) is 7.89. The van der Waals surface area contributed by atoms with Gasteiger partial charge in [-0.2, -0.15) is 0 Å². The van der Waals surface area contributed by atoms with Crippen LogP contribution in [-0.2, 0) is 27.6 Å². The summed E-state index contributed by atoms with van der Waals surface area (Å²) in [4.78, 5) is 12.6. The van der Waals surface area contributed by atoms with Gasteiger partial charge in [0.05, 0.1) is 0 Å². The Kier molecular flexibility index (Phi) is 7.04. The molecule has 2 rings (SSSR count). The first-order chi connectivity index (χ1) is 10.4. The third-order valence-electron chi connectivity index (χ3n) is 4.47. The summed E-state index contributed by atoms with van der Waals surface area (Å²) in [5, 5.41) is 5.96. The van der Waals surface area contributed by atoms with E-state index in [0.717, 1.165) is 18.2 Å². The van der Waals surface area contributed by atoms with Crippen molar-refractivity contribution >= 4 is 28.2 Å². The largest absolute Gasteiger partial charge is 0.351 e. The fourth-order valence-electron chi connectivity index (χ4n) is 3.01. The van der Waals surface area contributed by atoms with Crippen molar-refractivity contribution in [1.82, 2.24) is 10.6 Å². The van der Waals surface area contributed by atoms with E-state index in [-0.39, 0.29) is 18.3 Å². The van der Waals surface area contributed by atoms with E-state index in [1.807, 2.05) is 24.3 Å². The van der Waals surface area contributed by atoms with Crippen LogP contribution in [0, 0.1) is 0 Å². The highest BCUT2D eigenvalue weighted by Gasteiger charge is 2.48. The second-order valence-corrected chi connectivity index (χ2v) is 8.15. The Morgan fingerprint density at radius 1 is 1.22 bits per heavy atom. The van der Waals surface area contributed by atoms with E-state index in [9.17, 15) is 13.2 Å². The minimum atomic E-state index is -3.46. The highest BCUT2D eigenvalue weighted by atomic mass is 35.5. The van der Waals surface area contributed by atoms with Gasteiger partial charge in [0.25, 0.3) is 0 Å². The molecule has 23 heavy (non-hydrogen) atoms. The van der Waals surface area contributed by atoms with Crippen LogP contribution in [0.25, 0.3) is 0 Å². The number of piperidine rings is 1. The summed E-state index contributed by atoms with van der Waals surface area (Å²) in [6.45, 7) is 3.52. The lowest BCUT2D eigenvalue weighted by Gasteiger charge is -2.34. The number of carbonyl (C=O) groups excluding carboxylic acids is 1. The van der Waals surface area contributed by atoms with E-state index in [0.29, 0.717) is 32.5 Å². The Morgan fingerprint density at radius 2 is 1.78 bits per heavy atom. The Balaban J connectivity index is 0.00000264. The first-order valence-electron chi connectivity index (χ1n) is 7.66. The van der Waals surface area contributed by atoms with Gasteiger partial charge >= 0.3 is 0 Å². The van der Waals surface area contributed by atoms with Crippen molar-refractivity contribution in [3.05, 3.63) is 35.4 Å². The lowest BCUT2D eigenvalue weighted by Crippen LogP contribution is -2.57. The summed E-state index contributed by atoms with van der Waals surface area (Å²) in [6.07, 6.45) is 2.70. The molecule has 1 aromatic rings. The topological polar surface area (TPSA) is 75.3 Å². The fraction of sp³-hybridized carbons (Fsp3) is 0.562. The van der Waals surface area contributed by atoms with Crippen LogP contribution in [0.1, 0.15) is 30.9 Å². The molecule has 1 heterocycles. The molecule has 1 fully saturated rings. The molecule has 1 aromatic carbocycles. The summed E-state index contributed by atoms with van der Waals surface area (Å²) >= 11 is 0. The van der Waals surface area contributed by atoms with Crippen LogP contribution >= 0.6 is 12.4 Å². The number of benzene rings is 1. The molecule has 0 aromatic heterocycles. The van der Waals surface area contributed by atoms with Gasteiger partial charge in [-0.25, -0.2) is 8.42 Å². The maximum absolute atomic E-state index is 12.6. The Hall–Kier alpha value is -1.11. The molecule has 0 aliphatic carbocycles. The van der Waals surface area contributed by atoms with Crippen molar-refractivity contribution in [2.75, 3.05) is 19.3 Å². The summed E-state index contributed by atoms with van der Waals surface area (Å²) in [7, 11) is -3.46. The second kappa shape index (κ2) is 8.13. The van der Waals surface area contributed by atoms with Crippen molar-refractivity contribution in [3.8, 4) is 0 Å². The second-order valence-electron chi connectivity index (χ2n) is 5.82. The van der Waals surface area contributed by atoms with Crippen LogP contribution in [0.2, 0.25) is 0 Å². The average molecular weight is 361 g/mol. The molecule has 0 bridgehead atoms. The standard InChI is InChI=1S/C16H24N2O3S.ClH/c1-3-13-6-4-5-7-14(13)12-18-15(19)16(22(2,20)21)8-10-17-11-9-16;/h4-7,17H,3,8-12H2,1-2H3,(H,18,19);1H. The third kappa shape index (κ3) is 4.25. The highest BCUT2D eigenvalue weighted by Crippen LogP contribution is 2.28. The maximum Gasteiger partial charge on any atom is 0.241 e. The zero-order chi connectivity index (χ0) is 16.2. The predicted molar refractivity (Wildman–Crippen MR) is 94.6 cm³/mol. The zero-order valence-electron chi connectivity index (χ0n) is 13.6. The number of carbonyl (C=O) groups is 1. The molecule has 0 radical (unpaired) electrons. The minimum absolute atomic E-state index is 0. The normalized spacial score (nSPS) is 17.1. The quantitative estimate of drug-likeness (QED) is 0.833. The molecule has 1 aliphatic rings. The van der Waals surface area contributed by atoms with Crippen LogP contribution in [0.3, 0.4) is 0 Å². The Bertz CT molecular complexity index is 640. The van der Waals surface area contributed by atoms with Crippen LogP contribution in [-0.4, -0.2) is 38.4 Å². The SMILES string of the molecule is CCc1ccccc1CNC(=O)C1(S(C)(=O)=O)CCNCC1.Cl. The number of hydrogen-bond acceptors (Lipinski definition) is 4. The van der Waals surface area contributed by atoms with E-state index in [4.69, 9.17) is 0 Å². The Morgan fingerprint density at radius 3 is 2.30 bits per heavy atom. The van der Waals surface area contributed by atoms with Gasteiger partial charge in [0.1, 0.15) is 0 Å². The van der Waals surface area contributed by atoms with E-state index in [2.05, 4.69) is 17.6 Å². The van der Waals surface area contributed by atoms with Gasteiger partial charge in [0.15, 0.2) is 14.6 Å². The van der Waals surface area contributed by atoms with Gasteiger partial charge in [0, 0.05) is 12.8 Å². The zero-order valence-corrected chi connectivity index (χ0v) is 15.2. The van der Waals surface area contributed by atoms with Crippen molar-refractivity contribution in [1.29, 1.82) is 0 Å². The molecule has 0 atom stereocenters. The smallest absolute Gasteiger partial charge is 0.241 e. The minimum Gasteiger partial charge on any atom is -0.351 e. The first kappa shape index (κ1) is 19.9. The van der Waals surface area contributed by atoms with Crippen molar-refractivity contribution < 1.29 is 13.2 Å². The van der Waals surface area contributed by atoms with Crippen LogP contribution in [0.15, 0.2) is 24.3 Å². The lowest BCUT2D eigenvalue weighted by molar-refractivity contribution is -0.124. The van der Waals surface area contributed by atoms with Gasteiger partial charge in [-0.1, -0.05) is 31.2 Å². The first-order valence-corrected chi connectivity index (χ1v) is 9.55. The fourth-order valence-corrected chi connectivity index (χ4v) is 4.36. The molecule has 0 unspecified atom stereocenters. The summed E-state index contributed by atoms with van der Waals surface area (Å²) in [5.74, 6) is -0.373. The van der Waals surface area contributed by atoms with Crippen LogP contribution in [0.4, 0.5) is 0 Å². The van der Waals surface area contributed by atoms with Gasteiger partial charge in [-0.15, -0.1) is 12.4 Å². The molecule has 0 spiro atoms. The number of aryl methyl sites for hydroxylation is 1. The molecular weight excluding hydrogens is 336 g/mol. The molecule has 1 saturated heterocycles. The number of amides is 1. The van der Waals surface area contributed by atoms with E-state index in [1.165, 1.54) is 5.56 Å². The van der Waals surface area contributed by atoms with E-state index in [1.54, 1.807) is 0 Å². The molecule has 7 heteroatoms. The Labute approximate surface area is 144 Å². The lowest BCUT2D eigenvalue weighted by atomic mass is 9.95. The van der Waals surface area contributed by atoms with Crippen LogP contribution < -0.4 is 10.6 Å². The van der Waals surface area contributed by atoms with Gasteiger partial charge < -0.3 is 10.6 Å². The van der Waals surface area contributed by atoms with Crippen molar-refractivity contribution in [3.63, 3.8) is 0 Å². The number of hydrogen-bond donors (Lipinski definition) is 2. The number of rotatable bonds is 5. The molecular formula is C16H25ClN2O3S. The number of halogens is 1. The number of nitrogens with one attached hydrogen (secondary N) is 2. The number of sulfone groups is 1. The molecule has 5 nitrogen and oxygen atoms in total. The summed E-state index contributed by atoms with van der Waals surface area (Å²) < 4.78 is 23.1. The van der Waals surface area contributed by atoms with Gasteiger partial charge in [0.2, 0.25) is 5.91 Å². The molecule has 1 aliphatic heterocycles. The maximum atomic E-state index is 12.6. The molecule has 130 valence electrons. The predicted octanol–water partition coefficient (Wildman–Crippen LogP) is 1.45. The van der Waals surface area contributed by atoms with E-state index >= 15 is 0 Å². The van der Waals surface area contributed by atoms with Crippen LogP contribution in [0.5, 0.6) is 0 Å². The molecule has 2 N–H and O–H groups in total. The van der Waals surface area contributed by atoms with Crippen molar-refractivity contribution in [2.45, 2.75) is 37.5 Å².